The Morgan fingerprint density at radius 3 is 1.67 bits per heavy atom. The molecule has 0 N–H and O–H groups in total. The van der Waals surface area contributed by atoms with Crippen LogP contribution in [0.3, 0.4) is 0 Å². The molecule has 2 aliphatic rings. The van der Waals surface area contributed by atoms with Crippen LogP contribution in [0.15, 0.2) is 48.5 Å². The highest BCUT2D eigenvalue weighted by atomic mass is 16.6. The van der Waals surface area contributed by atoms with Gasteiger partial charge in [0.05, 0.1) is 9.85 Å². The molecule has 178 valence electrons. The third-order valence-electron chi connectivity index (χ3n) is 6.69. The van der Waals surface area contributed by atoms with Crippen LogP contribution in [-0.4, -0.2) is 35.0 Å². The molecule has 0 saturated carbocycles. The van der Waals surface area contributed by atoms with Crippen molar-refractivity contribution in [2.24, 2.45) is 0 Å². The van der Waals surface area contributed by atoms with Gasteiger partial charge in [-0.15, -0.1) is 0 Å². The normalized spacial score (nSPS) is 20.5. The molecule has 2 heterocycles. The third kappa shape index (κ3) is 6.43. The molecule has 8 heteroatoms. The number of piperidine rings is 2. The van der Waals surface area contributed by atoms with Gasteiger partial charge >= 0.3 is 0 Å². The Morgan fingerprint density at radius 1 is 0.758 bits per heavy atom. The molecule has 2 fully saturated rings. The zero-order valence-corrected chi connectivity index (χ0v) is 19.6. The standard InChI is InChI=1S/C13H18N2O2.C12H16N2O2/c1-2-11-5-3-4-10-14(11)12-6-8-13(9-7-12)15(16)17;1-10-4-2-3-9-13(10)11-5-7-12(8-6-11)14(15)16/h6-9,11H,2-5,10H2,1H3;5-8,10H,2-4,9H2,1H3. The predicted molar refractivity (Wildman–Crippen MR) is 132 cm³/mol. The molecule has 0 radical (unpaired) electrons. The van der Waals surface area contributed by atoms with Crippen molar-refractivity contribution in [1.82, 2.24) is 0 Å². The molecule has 2 unspecified atom stereocenters. The monoisotopic (exact) mass is 454 g/mol. The van der Waals surface area contributed by atoms with Gasteiger partial charge in [-0.05, 0) is 76.1 Å². The first-order chi connectivity index (χ1) is 15.9. The summed E-state index contributed by atoms with van der Waals surface area (Å²) in [7, 11) is 0. The van der Waals surface area contributed by atoms with E-state index in [1.54, 1.807) is 24.3 Å². The van der Waals surface area contributed by atoms with Crippen LogP contribution in [0.2, 0.25) is 0 Å². The van der Waals surface area contributed by atoms with E-state index in [2.05, 4.69) is 23.6 Å². The van der Waals surface area contributed by atoms with Crippen LogP contribution in [-0.2, 0) is 0 Å². The Bertz CT molecular complexity index is 917. The highest BCUT2D eigenvalue weighted by molar-refractivity contribution is 5.52. The molecule has 33 heavy (non-hydrogen) atoms. The van der Waals surface area contributed by atoms with Gasteiger partial charge in [-0.25, -0.2) is 0 Å². The van der Waals surface area contributed by atoms with Crippen LogP contribution in [0, 0.1) is 20.2 Å². The molecule has 0 bridgehead atoms. The number of hydrogen-bond acceptors (Lipinski definition) is 6. The van der Waals surface area contributed by atoms with Crippen molar-refractivity contribution in [2.75, 3.05) is 22.9 Å². The fraction of sp³-hybridized carbons (Fsp3) is 0.520. The second-order valence-corrected chi connectivity index (χ2v) is 8.84. The van der Waals surface area contributed by atoms with Gasteiger partial charge in [0.1, 0.15) is 0 Å². The lowest BCUT2D eigenvalue weighted by Gasteiger charge is -2.37. The average molecular weight is 455 g/mol. The van der Waals surface area contributed by atoms with Gasteiger partial charge in [0, 0.05) is 60.8 Å². The molecule has 2 aromatic rings. The van der Waals surface area contributed by atoms with E-state index in [9.17, 15) is 20.2 Å². The minimum Gasteiger partial charge on any atom is -0.369 e. The second kappa shape index (κ2) is 11.6. The van der Waals surface area contributed by atoms with Gasteiger partial charge in [0.2, 0.25) is 0 Å². The average Bonchev–Trinajstić information content (AvgIpc) is 2.85. The Balaban J connectivity index is 0.000000186. The molecule has 0 aromatic heterocycles. The second-order valence-electron chi connectivity index (χ2n) is 8.84. The maximum atomic E-state index is 10.6. The Morgan fingerprint density at radius 2 is 1.21 bits per heavy atom. The summed E-state index contributed by atoms with van der Waals surface area (Å²) in [6.45, 7) is 6.53. The molecule has 4 rings (SSSR count). The highest BCUT2D eigenvalue weighted by Gasteiger charge is 2.21. The Labute approximate surface area is 195 Å². The first kappa shape index (κ1) is 24.5. The third-order valence-corrected chi connectivity index (χ3v) is 6.69. The van der Waals surface area contributed by atoms with E-state index < -0.39 is 0 Å². The number of nitro groups is 2. The number of anilines is 2. The molecule has 8 nitrogen and oxygen atoms in total. The van der Waals surface area contributed by atoms with Gasteiger partial charge in [-0.1, -0.05) is 6.92 Å². The topological polar surface area (TPSA) is 92.8 Å². The van der Waals surface area contributed by atoms with E-state index in [0.717, 1.165) is 30.9 Å². The summed E-state index contributed by atoms with van der Waals surface area (Å²) in [5, 5.41) is 21.1. The van der Waals surface area contributed by atoms with Crippen molar-refractivity contribution in [3.8, 4) is 0 Å². The summed E-state index contributed by atoms with van der Waals surface area (Å²) in [5.41, 5.74) is 2.53. The zero-order chi connectivity index (χ0) is 23.8. The molecule has 0 amide bonds. The van der Waals surface area contributed by atoms with Gasteiger partial charge in [0.15, 0.2) is 0 Å². The first-order valence-corrected chi connectivity index (χ1v) is 11.9. The van der Waals surface area contributed by atoms with Crippen molar-refractivity contribution < 1.29 is 9.85 Å². The molecule has 2 saturated heterocycles. The van der Waals surface area contributed by atoms with E-state index in [1.807, 2.05) is 24.3 Å². The van der Waals surface area contributed by atoms with Crippen molar-refractivity contribution in [2.45, 2.75) is 70.9 Å². The van der Waals surface area contributed by atoms with E-state index in [1.165, 1.54) is 38.5 Å². The van der Waals surface area contributed by atoms with Crippen molar-refractivity contribution in [3.63, 3.8) is 0 Å². The predicted octanol–water partition coefficient (Wildman–Crippen LogP) is 6.34. The van der Waals surface area contributed by atoms with Gasteiger partial charge in [0.25, 0.3) is 11.4 Å². The number of nitro benzene ring substituents is 2. The minimum absolute atomic E-state index is 0.161. The Kier molecular flexibility index (Phi) is 8.63. The number of non-ortho nitro benzene ring substituents is 2. The van der Waals surface area contributed by atoms with E-state index in [4.69, 9.17) is 0 Å². The maximum absolute atomic E-state index is 10.6. The van der Waals surface area contributed by atoms with Crippen LogP contribution in [0.4, 0.5) is 22.7 Å². The zero-order valence-electron chi connectivity index (χ0n) is 19.6. The lowest BCUT2D eigenvalue weighted by atomic mass is 9.99. The summed E-state index contributed by atoms with van der Waals surface area (Å²) < 4.78 is 0. The van der Waals surface area contributed by atoms with E-state index >= 15 is 0 Å². The fourth-order valence-corrected chi connectivity index (χ4v) is 4.78. The molecule has 0 spiro atoms. The molecule has 0 aliphatic carbocycles. The smallest absolute Gasteiger partial charge is 0.269 e. The first-order valence-electron chi connectivity index (χ1n) is 11.9. The fourth-order valence-electron chi connectivity index (χ4n) is 4.78. The van der Waals surface area contributed by atoms with Crippen molar-refractivity contribution in [1.29, 1.82) is 0 Å². The van der Waals surface area contributed by atoms with E-state index in [0.29, 0.717) is 12.1 Å². The van der Waals surface area contributed by atoms with Crippen LogP contribution < -0.4 is 9.80 Å². The number of rotatable bonds is 5. The number of nitrogens with zero attached hydrogens (tertiary/aromatic N) is 4. The van der Waals surface area contributed by atoms with Crippen LogP contribution in [0.1, 0.15) is 58.8 Å². The number of benzene rings is 2. The molecular formula is C25H34N4O4. The quantitative estimate of drug-likeness (QED) is 0.387. The van der Waals surface area contributed by atoms with Gasteiger partial charge in [-0.3, -0.25) is 20.2 Å². The molecular weight excluding hydrogens is 420 g/mol. The summed E-state index contributed by atoms with van der Waals surface area (Å²) in [5.74, 6) is 0. The molecule has 2 aromatic carbocycles. The minimum atomic E-state index is -0.358. The summed E-state index contributed by atoms with van der Waals surface area (Å²) >= 11 is 0. The summed E-state index contributed by atoms with van der Waals surface area (Å²) in [6, 6.07) is 14.9. The summed E-state index contributed by atoms with van der Waals surface area (Å²) in [4.78, 5) is 25.1. The van der Waals surface area contributed by atoms with E-state index in [-0.39, 0.29) is 21.2 Å². The maximum Gasteiger partial charge on any atom is 0.269 e. The SMILES string of the molecule is CC1CCCCN1c1ccc([N+](=O)[O-])cc1.CCC1CCCCN1c1ccc([N+](=O)[O-])cc1. The summed E-state index contributed by atoms with van der Waals surface area (Å²) in [6.07, 6.45) is 8.57. The molecule has 2 atom stereocenters. The number of hydrogen-bond donors (Lipinski definition) is 0. The van der Waals surface area contributed by atoms with Crippen LogP contribution in [0.5, 0.6) is 0 Å². The largest absolute Gasteiger partial charge is 0.369 e. The van der Waals surface area contributed by atoms with Gasteiger partial charge < -0.3 is 9.80 Å². The van der Waals surface area contributed by atoms with Crippen molar-refractivity contribution >= 4 is 22.7 Å². The highest BCUT2D eigenvalue weighted by Crippen LogP contribution is 2.28. The lowest BCUT2D eigenvalue weighted by Crippen LogP contribution is -2.39. The Hall–Kier alpha value is -3.16. The van der Waals surface area contributed by atoms with Gasteiger partial charge in [-0.2, -0.15) is 0 Å². The molecule has 2 aliphatic heterocycles. The van der Waals surface area contributed by atoms with Crippen LogP contribution >= 0.6 is 0 Å². The van der Waals surface area contributed by atoms with Crippen LogP contribution in [0.25, 0.3) is 0 Å². The lowest BCUT2D eigenvalue weighted by molar-refractivity contribution is -0.385. The van der Waals surface area contributed by atoms with Crippen molar-refractivity contribution in [3.05, 3.63) is 68.8 Å².